The lowest BCUT2D eigenvalue weighted by Crippen LogP contribution is -2.41. The van der Waals surface area contributed by atoms with Crippen LogP contribution in [-0.2, 0) is 43.8 Å². The van der Waals surface area contributed by atoms with Crippen molar-refractivity contribution in [3.05, 3.63) is 70.3 Å². The molecule has 2 aromatic carbocycles. The number of carbonyl (C=O) groups is 3. The Morgan fingerprint density at radius 3 is 1.80 bits per heavy atom. The third kappa shape index (κ3) is 9.31. The number of nitrogens with one attached hydrogen (secondary N) is 2. The fraction of sp³-hybridized carbons (Fsp3) is 0.333. The van der Waals surface area contributed by atoms with Crippen LogP contribution in [0.1, 0.15) is 10.4 Å². The van der Waals surface area contributed by atoms with E-state index in [1.807, 2.05) is 0 Å². The van der Waals surface area contributed by atoms with Gasteiger partial charge in [-0.05, 0) is 48.5 Å². The number of anilines is 2. The van der Waals surface area contributed by atoms with Crippen LogP contribution < -0.4 is 10.6 Å². The number of sulfonamides is 2. The fourth-order valence-corrected chi connectivity index (χ4v) is 9.08. The van der Waals surface area contributed by atoms with Gasteiger partial charge in [0, 0.05) is 42.4 Å². The summed E-state index contributed by atoms with van der Waals surface area (Å²) in [4.78, 5) is 42.6. The molecule has 3 aromatic rings. The molecule has 2 fully saturated rings. The maximum atomic E-state index is 13.3. The number of hydrogen-bond acceptors (Lipinski definition) is 12. The number of hydrogen-bond donors (Lipinski definition) is 2. The largest absolute Gasteiger partial charge is 0.452 e. The van der Waals surface area contributed by atoms with Crippen molar-refractivity contribution >= 4 is 84.2 Å². The van der Waals surface area contributed by atoms with Gasteiger partial charge in [0.2, 0.25) is 26.0 Å². The number of amides is 2. The highest BCUT2D eigenvalue weighted by Gasteiger charge is 2.31. The van der Waals surface area contributed by atoms with Gasteiger partial charge < -0.3 is 24.8 Å². The first-order valence-corrected chi connectivity index (χ1v) is 19.6. The molecule has 2 amide bonds. The third-order valence-electron chi connectivity index (χ3n) is 7.27. The van der Waals surface area contributed by atoms with Crippen LogP contribution in [0.5, 0.6) is 0 Å². The van der Waals surface area contributed by atoms with E-state index in [1.165, 1.54) is 63.3 Å². The summed E-state index contributed by atoms with van der Waals surface area (Å²) in [7, 11) is -7.97. The second kappa shape index (κ2) is 16.8. The van der Waals surface area contributed by atoms with E-state index in [9.17, 15) is 31.2 Å². The van der Waals surface area contributed by atoms with E-state index in [1.54, 1.807) is 0 Å². The van der Waals surface area contributed by atoms with Crippen molar-refractivity contribution in [1.82, 2.24) is 13.6 Å². The minimum atomic E-state index is -4.00. The standard InChI is InChI=1S/C30H31Cl2N5O10S3/c31-20-3-5-25(49(41,42)36-8-12-45-13-9-36)23(16-20)34-27(38)18-47-30(40)22-2-1-7-33-29(22)48-19-28(39)35-24-17-21(32)4-6-26(24)50(43,44)37-10-14-46-15-11-37/h1-7,16-17H,8-15,18-19H2,(H,34,38)(H,35,39). The van der Waals surface area contributed by atoms with E-state index < -0.39 is 44.4 Å². The second-order valence-corrected chi connectivity index (χ2v) is 16.3. The molecular weight excluding hydrogens is 757 g/mol. The van der Waals surface area contributed by atoms with Crippen molar-refractivity contribution in [2.24, 2.45) is 0 Å². The number of carbonyl (C=O) groups excluding carboxylic acids is 3. The molecule has 50 heavy (non-hydrogen) atoms. The molecule has 2 aliphatic rings. The molecule has 3 heterocycles. The average molecular weight is 789 g/mol. The number of ether oxygens (including phenoxy) is 3. The van der Waals surface area contributed by atoms with E-state index >= 15 is 0 Å². The highest BCUT2D eigenvalue weighted by molar-refractivity contribution is 8.00. The van der Waals surface area contributed by atoms with Gasteiger partial charge in [-0.2, -0.15) is 8.61 Å². The molecule has 0 unspecified atom stereocenters. The molecule has 1 aromatic heterocycles. The summed E-state index contributed by atoms with van der Waals surface area (Å²) >= 11 is 13.1. The number of pyridine rings is 1. The molecule has 0 radical (unpaired) electrons. The molecule has 2 N–H and O–H groups in total. The summed E-state index contributed by atoms with van der Waals surface area (Å²) in [5.41, 5.74) is -0.147. The van der Waals surface area contributed by atoms with Crippen LogP contribution in [0.25, 0.3) is 0 Å². The summed E-state index contributed by atoms with van der Waals surface area (Å²) in [5, 5.41) is 5.51. The van der Waals surface area contributed by atoms with Crippen LogP contribution in [0, 0.1) is 0 Å². The second-order valence-electron chi connectivity index (χ2n) is 10.6. The van der Waals surface area contributed by atoms with E-state index in [-0.39, 0.29) is 100 Å². The van der Waals surface area contributed by atoms with Crippen molar-refractivity contribution in [1.29, 1.82) is 0 Å². The zero-order chi connectivity index (χ0) is 35.9. The molecule has 5 rings (SSSR count). The molecule has 2 saturated heterocycles. The Balaban J connectivity index is 1.21. The molecule has 0 atom stereocenters. The Labute approximate surface area is 302 Å². The maximum absolute atomic E-state index is 13.3. The average Bonchev–Trinajstić information content (AvgIpc) is 3.10. The number of aromatic nitrogens is 1. The fourth-order valence-electron chi connectivity index (χ4n) is 4.88. The van der Waals surface area contributed by atoms with Gasteiger partial charge >= 0.3 is 5.97 Å². The predicted octanol–water partition coefficient (Wildman–Crippen LogP) is 2.96. The van der Waals surface area contributed by atoms with Crippen LogP contribution >= 0.6 is 35.0 Å². The first-order chi connectivity index (χ1) is 23.9. The summed E-state index contributed by atoms with van der Waals surface area (Å²) in [6, 6.07) is 10.8. The Kier molecular flexibility index (Phi) is 12.7. The highest BCUT2D eigenvalue weighted by Crippen LogP contribution is 2.30. The molecule has 0 spiro atoms. The first kappa shape index (κ1) is 37.9. The zero-order valence-electron chi connectivity index (χ0n) is 26.2. The highest BCUT2D eigenvalue weighted by atomic mass is 35.5. The molecule has 0 bridgehead atoms. The van der Waals surface area contributed by atoms with Crippen molar-refractivity contribution in [2.45, 2.75) is 14.8 Å². The number of esters is 1. The van der Waals surface area contributed by atoms with Crippen LogP contribution in [0.3, 0.4) is 0 Å². The van der Waals surface area contributed by atoms with Gasteiger partial charge in [-0.3, -0.25) is 9.59 Å². The van der Waals surface area contributed by atoms with Gasteiger partial charge in [-0.1, -0.05) is 35.0 Å². The predicted molar refractivity (Wildman–Crippen MR) is 185 cm³/mol. The summed E-state index contributed by atoms with van der Waals surface area (Å²) in [6.45, 7) is 0.763. The number of morpholine rings is 2. The lowest BCUT2D eigenvalue weighted by molar-refractivity contribution is -0.119. The van der Waals surface area contributed by atoms with Crippen molar-refractivity contribution in [3.8, 4) is 0 Å². The van der Waals surface area contributed by atoms with E-state index in [0.29, 0.717) is 0 Å². The number of thioether (sulfide) groups is 1. The zero-order valence-corrected chi connectivity index (χ0v) is 30.1. The number of halogens is 2. The normalized spacial score (nSPS) is 16.0. The Bertz CT molecular complexity index is 1970. The van der Waals surface area contributed by atoms with Gasteiger partial charge in [0.1, 0.15) is 14.8 Å². The monoisotopic (exact) mass is 787 g/mol. The molecule has 2 aliphatic heterocycles. The quantitative estimate of drug-likeness (QED) is 0.202. The summed E-state index contributed by atoms with van der Waals surface area (Å²) in [5.74, 6) is -2.65. The number of nitrogens with zero attached hydrogens (tertiary/aromatic N) is 3. The SMILES string of the molecule is O=C(COC(=O)c1cccnc1SCC(=O)Nc1cc(Cl)ccc1S(=O)(=O)N1CCOCC1)Nc1cc(Cl)ccc1S(=O)(=O)N1CCOCC1. The van der Waals surface area contributed by atoms with Gasteiger partial charge in [-0.15, -0.1) is 0 Å². The number of rotatable bonds is 12. The van der Waals surface area contributed by atoms with Crippen molar-refractivity contribution in [2.75, 3.05) is 75.6 Å². The van der Waals surface area contributed by atoms with Crippen LogP contribution in [-0.4, -0.2) is 113 Å². The van der Waals surface area contributed by atoms with Gasteiger partial charge in [0.25, 0.3) is 5.91 Å². The van der Waals surface area contributed by atoms with E-state index in [4.69, 9.17) is 37.4 Å². The molecule has 20 heteroatoms. The lowest BCUT2D eigenvalue weighted by Gasteiger charge is -2.27. The summed E-state index contributed by atoms with van der Waals surface area (Å²) in [6.07, 6.45) is 1.39. The van der Waals surface area contributed by atoms with Crippen molar-refractivity contribution in [3.63, 3.8) is 0 Å². The smallest absolute Gasteiger partial charge is 0.341 e. The van der Waals surface area contributed by atoms with Crippen LogP contribution in [0.15, 0.2) is 69.5 Å². The Hall–Kier alpha value is -3.33. The van der Waals surface area contributed by atoms with Gasteiger partial charge in [-0.25, -0.2) is 26.6 Å². The van der Waals surface area contributed by atoms with E-state index in [2.05, 4.69) is 15.6 Å². The molecule has 268 valence electrons. The van der Waals surface area contributed by atoms with E-state index in [0.717, 1.165) is 11.8 Å². The van der Waals surface area contributed by atoms with Gasteiger partial charge in [0.15, 0.2) is 6.61 Å². The molecular formula is C30H31Cl2N5O10S3. The summed E-state index contributed by atoms with van der Waals surface area (Å²) < 4.78 is 71.3. The maximum Gasteiger partial charge on any atom is 0.341 e. The minimum Gasteiger partial charge on any atom is -0.452 e. The topological polar surface area (TPSA) is 191 Å². The van der Waals surface area contributed by atoms with Crippen LogP contribution in [0.4, 0.5) is 11.4 Å². The van der Waals surface area contributed by atoms with Crippen molar-refractivity contribution < 1.29 is 45.4 Å². The first-order valence-electron chi connectivity index (χ1n) is 15.0. The Morgan fingerprint density at radius 1 is 0.780 bits per heavy atom. The number of benzene rings is 2. The molecule has 0 saturated carbocycles. The van der Waals surface area contributed by atoms with Gasteiger partial charge in [0.05, 0.1) is 49.1 Å². The molecule has 0 aliphatic carbocycles. The lowest BCUT2D eigenvalue weighted by atomic mass is 10.3. The molecule has 15 nitrogen and oxygen atoms in total. The minimum absolute atomic E-state index is 0.0122. The Morgan fingerprint density at radius 2 is 1.28 bits per heavy atom. The van der Waals surface area contributed by atoms with Crippen LogP contribution in [0.2, 0.25) is 10.0 Å². The third-order valence-corrected chi connectivity index (χ3v) is 12.7.